The highest BCUT2D eigenvalue weighted by molar-refractivity contribution is 6.43. The van der Waals surface area contributed by atoms with Crippen LogP contribution in [0, 0.1) is 10.1 Å². The molecule has 0 radical (unpaired) electrons. The zero-order valence-electron chi connectivity index (χ0n) is 50.7. The van der Waals surface area contributed by atoms with Crippen molar-refractivity contribution in [1.82, 2.24) is 18.8 Å². The Bertz CT molecular complexity index is 4140. The Morgan fingerprint density at radius 2 is 0.869 bits per heavy atom. The molecule has 0 spiro atoms. The van der Waals surface area contributed by atoms with E-state index < -0.39 is 0 Å². The van der Waals surface area contributed by atoms with Gasteiger partial charge in [0.1, 0.15) is 11.3 Å². The third-order valence-electron chi connectivity index (χ3n) is 18.7. The standard InChI is InChI=1S/C72H90N8O4/c1-4-7-10-13-16-19-22-25-28-31-42-74-49-34-40-60-58(45-49)75-69-53-39-37-52-66-62(80(83)84)48-56-64-54(38-36-51(68(64)66)65-57(73)47-55(63(53)67(52)65)71(81)78(60)69)70-76-59-46-50(35-41-61(59)79(70)72(56)82)77(43-32-29-26-23-20-17-14-11-8-5-2)44-33-30-27-24-21-18-15-12-9-6-3/h34-41,45-48,74H,4-33,42-44,73H2,1-3H3. The Balaban J connectivity index is 0.919. The van der Waals surface area contributed by atoms with Gasteiger partial charge in [0.2, 0.25) is 0 Å². The van der Waals surface area contributed by atoms with Crippen LogP contribution in [0.3, 0.4) is 0 Å². The molecule has 0 saturated carbocycles. The number of nitrogens with zero attached hydrogens (tertiary/aromatic N) is 6. The number of nitro benzene ring substituents is 1. The van der Waals surface area contributed by atoms with Gasteiger partial charge >= 0.3 is 0 Å². The van der Waals surface area contributed by atoms with Gasteiger partial charge in [-0.3, -0.25) is 28.5 Å². The lowest BCUT2D eigenvalue weighted by Gasteiger charge is -2.25. The lowest BCUT2D eigenvalue weighted by molar-refractivity contribution is -0.382. The fraction of sp³-hybridized carbons (Fsp3) is 0.500. The molecule has 0 amide bonds. The summed E-state index contributed by atoms with van der Waals surface area (Å²) in [6.07, 6.45) is 38.7. The number of unbranched alkanes of at least 4 members (excludes halogenated alkanes) is 27. The minimum atomic E-state index is -0.378. The summed E-state index contributed by atoms with van der Waals surface area (Å²) >= 11 is 0. The molecule has 84 heavy (non-hydrogen) atoms. The summed E-state index contributed by atoms with van der Waals surface area (Å²) in [4.78, 5) is 56.1. The van der Waals surface area contributed by atoms with Crippen molar-refractivity contribution < 1.29 is 4.92 Å². The van der Waals surface area contributed by atoms with Crippen LogP contribution in [0.4, 0.5) is 22.7 Å². The Hall–Kier alpha value is -7.08. The van der Waals surface area contributed by atoms with Gasteiger partial charge in [-0.15, -0.1) is 0 Å². The van der Waals surface area contributed by atoms with Gasteiger partial charge in [0.25, 0.3) is 16.8 Å². The van der Waals surface area contributed by atoms with Crippen LogP contribution in [0.2, 0.25) is 0 Å². The number of rotatable bonds is 36. The van der Waals surface area contributed by atoms with E-state index in [1.165, 1.54) is 179 Å². The maximum Gasteiger partial charge on any atom is 0.278 e. The number of nitrogens with two attached hydrogens (primary N) is 1. The predicted molar refractivity (Wildman–Crippen MR) is 357 cm³/mol. The maximum absolute atomic E-state index is 15.2. The molecule has 7 aromatic carbocycles. The van der Waals surface area contributed by atoms with Crippen LogP contribution in [-0.2, 0) is 0 Å². The van der Waals surface area contributed by atoms with Crippen molar-refractivity contribution in [3.05, 3.63) is 104 Å². The Morgan fingerprint density at radius 3 is 1.37 bits per heavy atom. The Labute approximate surface area is 494 Å². The highest BCUT2D eigenvalue weighted by Crippen LogP contribution is 2.50. The van der Waals surface area contributed by atoms with Gasteiger partial charge in [0.05, 0.1) is 43.1 Å². The summed E-state index contributed by atoms with van der Waals surface area (Å²) in [5.41, 5.74) is 12.7. The fourth-order valence-corrected chi connectivity index (χ4v) is 14.2. The van der Waals surface area contributed by atoms with Crippen LogP contribution in [0.15, 0.2) is 82.4 Å². The maximum atomic E-state index is 15.2. The average molecular weight is 1130 g/mol. The van der Waals surface area contributed by atoms with E-state index in [1.807, 2.05) is 48.5 Å². The molecule has 4 heterocycles. The van der Waals surface area contributed by atoms with Crippen molar-refractivity contribution in [3.8, 4) is 0 Å². The molecule has 0 saturated heterocycles. The molecule has 0 aliphatic rings. The van der Waals surface area contributed by atoms with Crippen LogP contribution in [0.5, 0.6) is 0 Å². The van der Waals surface area contributed by atoms with Gasteiger partial charge in [0.15, 0.2) is 0 Å². The number of aromatic nitrogens is 4. The summed E-state index contributed by atoms with van der Waals surface area (Å²) in [5.74, 6) is 0. The SMILES string of the molecule is CCCCCCCCCCCCNc1ccc2c(c1)nc1c3ccc4c5c([N+](=O)[O-])cc6c(=O)n7c8ccc(N(CCCCCCCCCCCC)CCCCCCCCCCCC)cc8nc7c7ccc(c8c(N)cc(c(=O)n21)c3c48)c5c67. The number of benzene rings is 7. The minimum Gasteiger partial charge on any atom is -0.398 e. The van der Waals surface area contributed by atoms with Crippen LogP contribution >= 0.6 is 0 Å². The molecular formula is C72H90N8O4. The number of nitrogen functional groups attached to an aromatic ring is 1. The highest BCUT2D eigenvalue weighted by Gasteiger charge is 2.30. The van der Waals surface area contributed by atoms with Crippen molar-refractivity contribution in [1.29, 1.82) is 0 Å². The monoisotopic (exact) mass is 1130 g/mol. The van der Waals surface area contributed by atoms with E-state index in [9.17, 15) is 14.9 Å². The highest BCUT2D eigenvalue weighted by atomic mass is 16.6. The van der Waals surface area contributed by atoms with Gasteiger partial charge in [-0.1, -0.05) is 206 Å². The molecule has 3 N–H and O–H groups in total. The molecule has 0 fully saturated rings. The molecule has 12 nitrogen and oxygen atoms in total. The fourth-order valence-electron chi connectivity index (χ4n) is 14.2. The second kappa shape index (κ2) is 27.3. The number of pyridine rings is 2. The smallest absolute Gasteiger partial charge is 0.278 e. The zero-order valence-corrected chi connectivity index (χ0v) is 50.7. The summed E-state index contributed by atoms with van der Waals surface area (Å²) in [6.45, 7) is 9.62. The molecule has 442 valence electrons. The largest absolute Gasteiger partial charge is 0.398 e. The van der Waals surface area contributed by atoms with Crippen LogP contribution in [0.1, 0.15) is 213 Å². The van der Waals surface area contributed by atoms with Crippen LogP contribution in [-0.4, -0.2) is 43.3 Å². The Kier molecular flexibility index (Phi) is 19.1. The second-order valence-corrected chi connectivity index (χ2v) is 24.8. The number of hydrogen-bond acceptors (Lipinski definition) is 9. The second-order valence-electron chi connectivity index (χ2n) is 24.8. The van der Waals surface area contributed by atoms with Crippen LogP contribution < -0.4 is 27.1 Å². The molecule has 4 aromatic heterocycles. The first-order valence-corrected chi connectivity index (χ1v) is 33.1. The topological polar surface area (TPSA) is 153 Å². The molecule has 0 atom stereocenters. The van der Waals surface area contributed by atoms with E-state index in [2.05, 4.69) is 43.1 Å². The molecule has 0 aliphatic carbocycles. The van der Waals surface area contributed by atoms with Crippen molar-refractivity contribution in [3.63, 3.8) is 0 Å². The van der Waals surface area contributed by atoms with Gasteiger partial charge in [-0.05, 0) is 84.6 Å². The third kappa shape index (κ3) is 11.8. The molecular weight excluding hydrogens is 1040 g/mol. The number of non-ortho nitro benzene ring substituents is 1. The normalized spacial score (nSPS) is 12.4. The zero-order chi connectivity index (χ0) is 58.1. The molecule has 11 rings (SSSR count). The number of hydrogen-bond donors (Lipinski definition) is 2. The lowest BCUT2D eigenvalue weighted by Crippen LogP contribution is -2.25. The molecule has 11 aromatic rings. The number of fused-ring (bicyclic) bond motifs is 10. The Morgan fingerprint density at radius 1 is 0.452 bits per heavy atom. The van der Waals surface area contributed by atoms with E-state index in [0.29, 0.717) is 82.0 Å². The minimum absolute atomic E-state index is 0.175. The summed E-state index contributed by atoms with van der Waals surface area (Å²) in [6, 6.07) is 23.4. The van der Waals surface area contributed by atoms with Crippen molar-refractivity contribution >= 4 is 121 Å². The van der Waals surface area contributed by atoms with Crippen molar-refractivity contribution in [2.24, 2.45) is 0 Å². The molecule has 0 aliphatic heterocycles. The van der Waals surface area contributed by atoms with Gasteiger partial charge in [0, 0.05) is 80.5 Å². The van der Waals surface area contributed by atoms with E-state index in [-0.39, 0.29) is 27.1 Å². The summed E-state index contributed by atoms with van der Waals surface area (Å²) in [5, 5.41) is 24.2. The predicted octanol–water partition coefficient (Wildman–Crippen LogP) is 19.7. The molecule has 0 bridgehead atoms. The van der Waals surface area contributed by atoms with Crippen LogP contribution in [0.25, 0.3) is 98.0 Å². The number of nitro groups is 1. The lowest BCUT2D eigenvalue weighted by atomic mass is 9.84. The van der Waals surface area contributed by atoms with Gasteiger partial charge in [-0.25, -0.2) is 9.97 Å². The average Bonchev–Trinajstić information content (AvgIpc) is 1.70. The first-order chi connectivity index (χ1) is 41.2. The summed E-state index contributed by atoms with van der Waals surface area (Å²) in [7, 11) is 0. The first-order valence-electron chi connectivity index (χ1n) is 33.1. The van der Waals surface area contributed by atoms with E-state index in [0.717, 1.165) is 66.6 Å². The van der Waals surface area contributed by atoms with Gasteiger partial charge < -0.3 is 16.0 Å². The first kappa shape index (κ1) is 58.7. The quantitative estimate of drug-likeness (QED) is 0.00976. The van der Waals surface area contributed by atoms with Crippen molar-refractivity contribution in [2.45, 2.75) is 213 Å². The number of imidazole rings is 2. The van der Waals surface area contributed by atoms with E-state index >= 15 is 4.79 Å². The van der Waals surface area contributed by atoms with E-state index in [4.69, 9.17) is 15.7 Å². The van der Waals surface area contributed by atoms with E-state index in [1.54, 1.807) is 14.9 Å². The molecule has 12 heteroatoms. The van der Waals surface area contributed by atoms with Crippen molar-refractivity contribution in [2.75, 3.05) is 35.6 Å². The summed E-state index contributed by atoms with van der Waals surface area (Å²) < 4.78 is 3.34. The third-order valence-corrected chi connectivity index (χ3v) is 18.7. The van der Waals surface area contributed by atoms with Gasteiger partial charge in [-0.2, -0.15) is 0 Å². The number of nitrogens with one attached hydrogen (secondary N) is 1. The number of anilines is 3. The molecule has 0 unspecified atom stereocenters.